The van der Waals surface area contributed by atoms with Crippen LogP contribution in [0.3, 0.4) is 0 Å². The van der Waals surface area contributed by atoms with Gasteiger partial charge in [0.2, 0.25) is 0 Å². The second-order valence-corrected chi connectivity index (χ2v) is 4.77. The third-order valence-electron chi connectivity index (χ3n) is 3.48. The third-order valence-corrected chi connectivity index (χ3v) is 3.48. The van der Waals surface area contributed by atoms with E-state index in [9.17, 15) is 4.79 Å². The average Bonchev–Trinajstić information content (AvgIpc) is 2.67. The Hall–Kier alpha value is -2.19. The molecule has 2 nitrogen and oxygen atoms in total. The van der Waals surface area contributed by atoms with Crippen LogP contribution in [0.4, 0.5) is 0 Å². The maximum absolute atomic E-state index is 12.0. The first kappa shape index (κ1) is 15.2. The zero-order valence-electron chi connectivity index (χ0n) is 12.5. The lowest BCUT2D eigenvalue weighted by atomic mass is 9.94. The lowest BCUT2D eigenvalue weighted by molar-refractivity contribution is -0.118. The van der Waals surface area contributed by atoms with Crippen molar-refractivity contribution in [3.63, 3.8) is 0 Å². The minimum absolute atomic E-state index is 0.0679. The monoisotopic (exact) mass is 279 g/mol. The second-order valence-electron chi connectivity index (χ2n) is 4.77. The number of hydrogen-bond acceptors (Lipinski definition) is 2. The van der Waals surface area contributed by atoms with E-state index in [-0.39, 0.29) is 5.78 Å². The number of ketones is 1. The number of nitrogens with two attached hydrogens (primary N) is 1. The normalized spacial score (nSPS) is 17.0. The van der Waals surface area contributed by atoms with Crippen LogP contribution in [-0.4, -0.2) is 11.8 Å². The van der Waals surface area contributed by atoms with Gasteiger partial charge in [-0.1, -0.05) is 74.5 Å². The van der Waals surface area contributed by atoms with E-state index in [1.807, 2.05) is 68.5 Å². The van der Waals surface area contributed by atoms with E-state index >= 15 is 0 Å². The van der Waals surface area contributed by atoms with Gasteiger partial charge in [0.25, 0.3) is 0 Å². The molecule has 108 valence electrons. The average molecular weight is 279 g/mol. The topological polar surface area (TPSA) is 43.1 Å². The minimum atomic E-state index is -0.525. The number of Topliss-reactive ketones (excluding diaryl/α,β-unsaturated/α-hetero) is 1. The molecule has 0 saturated carbocycles. The lowest BCUT2D eigenvalue weighted by Crippen LogP contribution is -2.28. The molecule has 0 heterocycles. The Bertz CT molecular complexity index is 644. The molecule has 2 aromatic rings. The van der Waals surface area contributed by atoms with Crippen molar-refractivity contribution < 1.29 is 4.79 Å². The van der Waals surface area contributed by atoms with Crippen molar-refractivity contribution in [3.05, 3.63) is 77.4 Å². The van der Waals surface area contributed by atoms with E-state index in [2.05, 4.69) is 6.07 Å². The molecule has 2 heteroatoms. The largest absolute Gasteiger partial charge is 0.318 e. The Morgan fingerprint density at radius 2 is 1.57 bits per heavy atom. The molecule has 21 heavy (non-hydrogen) atoms. The predicted molar refractivity (Wildman–Crippen MR) is 88.0 cm³/mol. The summed E-state index contributed by atoms with van der Waals surface area (Å²) < 4.78 is 0. The molecule has 1 aliphatic rings. The molecule has 2 N–H and O–H groups in total. The van der Waals surface area contributed by atoms with Gasteiger partial charge in [0.15, 0.2) is 5.78 Å². The molecule has 0 fully saturated rings. The molecule has 0 saturated heterocycles. The van der Waals surface area contributed by atoms with Crippen LogP contribution >= 0.6 is 0 Å². The van der Waals surface area contributed by atoms with Crippen molar-refractivity contribution in [2.45, 2.75) is 26.3 Å². The van der Waals surface area contributed by atoms with Crippen molar-refractivity contribution in [2.75, 3.05) is 0 Å². The summed E-state index contributed by atoms with van der Waals surface area (Å²) in [5, 5.41) is 0. The van der Waals surface area contributed by atoms with E-state index in [4.69, 9.17) is 5.73 Å². The van der Waals surface area contributed by atoms with Crippen molar-refractivity contribution in [1.82, 2.24) is 0 Å². The first-order chi connectivity index (χ1) is 10.3. The Morgan fingerprint density at radius 3 is 2.29 bits per heavy atom. The van der Waals surface area contributed by atoms with Crippen LogP contribution in [0.2, 0.25) is 0 Å². The molecule has 0 amide bonds. The highest BCUT2D eigenvalue weighted by Gasteiger charge is 2.21. The molecular formula is C19H21NO. The summed E-state index contributed by atoms with van der Waals surface area (Å²) in [6.45, 7) is 4.00. The number of carbonyl (C=O) groups excluding carboxylic acids is 1. The SMILES string of the molecule is CC.N[C@H]1C=C(c2ccccc2)c2ccccc2CC1=O. The molecule has 3 rings (SSSR count). The summed E-state index contributed by atoms with van der Waals surface area (Å²) in [5.41, 5.74) is 10.3. The van der Waals surface area contributed by atoms with Crippen LogP contribution in [0.1, 0.15) is 30.5 Å². The van der Waals surface area contributed by atoms with Crippen LogP contribution in [0.5, 0.6) is 0 Å². The Kier molecular flexibility index (Phi) is 5.07. The number of hydrogen-bond donors (Lipinski definition) is 1. The van der Waals surface area contributed by atoms with E-state index in [0.717, 1.165) is 22.3 Å². The molecule has 0 radical (unpaired) electrons. The maximum Gasteiger partial charge on any atom is 0.157 e. The highest BCUT2D eigenvalue weighted by Crippen LogP contribution is 2.29. The van der Waals surface area contributed by atoms with Gasteiger partial charge in [-0.05, 0) is 22.3 Å². The van der Waals surface area contributed by atoms with Crippen molar-refractivity contribution in [1.29, 1.82) is 0 Å². The highest BCUT2D eigenvalue weighted by atomic mass is 16.1. The quantitative estimate of drug-likeness (QED) is 0.866. The molecule has 0 aromatic heterocycles. The Morgan fingerprint density at radius 1 is 0.952 bits per heavy atom. The standard InChI is InChI=1S/C17H15NO.C2H6/c18-16-11-15(12-6-2-1-3-7-12)14-9-5-4-8-13(14)10-17(16)19;1-2/h1-9,11,16H,10,18H2;1-2H3/t16-;/m0./s1. The van der Waals surface area contributed by atoms with E-state index < -0.39 is 6.04 Å². The number of rotatable bonds is 1. The van der Waals surface area contributed by atoms with Crippen molar-refractivity contribution in [3.8, 4) is 0 Å². The van der Waals surface area contributed by atoms with Gasteiger partial charge < -0.3 is 5.73 Å². The summed E-state index contributed by atoms with van der Waals surface area (Å²) in [7, 11) is 0. The van der Waals surface area contributed by atoms with Gasteiger partial charge in [0.05, 0.1) is 6.04 Å². The van der Waals surface area contributed by atoms with E-state index in [1.165, 1.54) is 0 Å². The molecule has 0 spiro atoms. The summed E-state index contributed by atoms with van der Waals surface area (Å²) in [6.07, 6.45) is 2.29. The summed E-state index contributed by atoms with van der Waals surface area (Å²) in [4.78, 5) is 12.0. The zero-order chi connectivity index (χ0) is 15.2. The number of fused-ring (bicyclic) bond motifs is 1. The third kappa shape index (κ3) is 3.29. The van der Waals surface area contributed by atoms with Crippen LogP contribution in [-0.2, 0) is 11.2 Å². The molecule has 0 unspecified atom stereocenters. The van der Waals surface area contributed by atoms with E-state index in [1.54, 1.807) is 0 Å². The zero-order valence-corrected chi connectivity index (χ0v) is 12.5. The Balaban J connectivity index is 0.000000774. The predicted octanol–water partition coefficient (Wildman–Crippen LogP) is 3.60. The summed E-state index contributed by atoms with van der Waals surface area (Å²) >= 11 is 0. The smallest absolute Gasteiger partial charge is 0.157 e. The van der Waals surface area contributed by atoms with Gasteiger partial charge in [-0.25, -0.2) is 0 Å². The molecule has 2 aromatic carbocycles. The maximum atomic E-state index is 12.0. The van der Waals surface area contributed by atoms with Gasteiger partial charge in [0.1, 0.15) is 0 Å². The number of benzene rings is 2. The first-order valence-corrected chi connectivity index (χ1v) is 7.39. The fourth-order valence-corrected chi connectivity index (χ4v) is 2.47. The summed E-state index contributed by atoms with van der Waals surface area (Å²) in [5.74, 6) is 0.0679. The second kappa shape index (κ2) is 7.00. The van der Waals surface area contributed by atoms with Gasteiger partial charge in [0, 0.05) is 6.42 Å². The van der Waals surface area contributed by atoms with Crippen molar-refractivity contribution >= 4 is 11.4 Å². The summed E-state index contributed by atoms with van der Waals surface area (Å²) in [6, 6.07) is 17.6. The minimum Gasteiger partial charge on any atom is -0.318 e. The molecule has 0 bridgehead atoms. The van der Waals surface area contributed by atoms with Crippen LogP contribution in [0, 0.1) is 0 Å². The number of carbonyl (C=O) groups is 1. The van der Waals surface area contributed by atoms with Gasteiger partial charge in [-0.3, -0.25) is 4.79 Å². The van der Waals surface area contributed by atoms with Crippen LogP contribution in [0.15, 0.2) is 60.7 Å². The fraction of sp³-hybridized carbons (Fsp3) is 0.211. The van der Waals surface area contributed by atoms with Crippen LogP contribution < -0.4 is 5.73 Å². The van der Waals surface area contributed by atoms with Gasteiger partial charge in [-0.15, -0.1) is 0 Å². The van der Waals surface area contributed by atoms with Gasteiger partial charge in [-0.2, -0.15) is 0 Å². The van der Waals surface area contributed by atoms with Gasteiger partial charge >= 0.3 is 0 Å². The first-order valence-electron chi connectivity index (χ1n) is 7.39. The molecule has 0 aliphatic heterocycles. The molecule has 1 aliphatic carbocycles. The molecular weight excluding hydrogens is 258 g/mol. The fourth-order valence-electron chi connectivity index (χ4n) is 2.47. The lowest BCUT2D eigenvalue weighted by Gasteiger charge is -2.10. The molecule has 1 atom stereocenters. The Labute approximate surface area is 126 Å². The van der Waals surface area contributed by atoms with E-state index in [0.29, 0.717) is 6.42 Å². The van der Waals surface area contributed by atoms with Crippen LogP contribution in [0.25, 0.3) is 5.57 Å². The van der Waals surface area contributed by atoms with Crippen molar-refractivity contribution in [2.24, 2.45) is 5.73 Å². The highest BCUT2D eigenvalue weighted by molar-refractivity contribution is 5.95.